The lowest BCUT2D eigenvalue weighted by Gasteiger charge is -2.24. The van der Waals surface area contributed by atoms with Gasteiger partial charge in [-0.1, -0.05) is 18.2 Å². The predicted octanol–water partition coefficient (Wildman–Crippen LogP) is 3.57. The van der Waals surface area contributed by atoms with Gasteiger partial charge in [-0.3, -0.25) is 0 Å². The minimum Gasteiger partial charge on any atom is -0.490 e. The number of fused-ring (bicyclic) bond motifs is 3. The number of ether oxygens (including phenoxy) is 1. The smallest absolute Gasteiger partial charge is 0.120 e. The van der Waals surface area contributed by atoms with Gasteiger partial charge in [0.1, 0.15) is 11.9 Å². The summed E-state index contributed by atoms with van der Waals surface area (Å²) in [6.45, 7) is 1.78. The molecular formula is C20H25NO2. The number of benzene rings is 2. The lowest BCUT2D eigenvalue weighted by molar-refractivity contribution is 0.138. The molecule has 0 radical (unpaired) electrons. The van der Waals surface area contributed by atoms with Gasteiger partial charge < -0.3 is 15.6 Å². The van der Waals surface area contributed by atoms with Crippen LogP contribution in [0.4, 0.5) is 0 Å². The van der Waals surface area contributed by atoms with Crippen molar-refractivity contribution >= 4 is 10.8 Å². The van der Waals surface area contributed by atoms with Gasteiger partial charge in [0.05, 0.1) is 12.1 Å². The van der Waals surface area contributed by atoms with Crippen molar-refractivity contribution in [1.82, 2.24) is 0 Å². The molecule has 2 aliphatic carbocycles. The third-order valence-corrected chi connectivity index (χ3v) is 5.76. The Kier molecular flexibility index (Phi) is 3.58. The highest BCUT2D eigenvalue weighted by atomic mass is 16.5. The number of nitrogens with two attached hydrogens (primary N) is 1. The quantitative estimate of drug-likeness (QED) is 0.907. The van der Waals surface area contributed by atoms with Crippen molar-refractivity contribution in [2.75, 3.05) is 6.61 Å². The molecule has 0 spiro atoms. The van der Waals surface area contributed by atoms with Crippen molar-refractivity contribution in [2.45, 2.75) is 44.2 Å². The van der Waals surface area contributed by atoms with Crippen molar-refractivity contribution < 1.29 is 9.84 Å². The van der Waals surface area contributed by atoms with E-state index in [0.29, 0.717) is 6.10 Å². The van der Waals surface area contributed by atoms with Crippen molar-refractivity contribution in [2.24, 2.45) is 17.6 Å². The lowest BCUT2D eigenvalue weighted by atomic mass is 9.92. The van der Waals surface area contributed by atoms with Gasteiger partial charge in [0.2, 0.25) is 0 Å². The maximum absolute atomic E-state index is 9.43. The molecule has 0 aliphatic heterocycles. The average Bonchev–Trinajstić information content (AvgIpc) is 3.17. The van der Waals surface area contributed by atoms with Crippen LogP contribution in [0.5, 0.6) is 5.75 Å². The number of rotatable bonds is 4. The molecule has 0 unspecified atom stereocenters. The van der Waals surface area contributed by atoms with Crippen LogP contribution in [0.15, 0.2) is 36.4 Å². The van der Waals surface area contributed by atoms with E-state index >= 15 is 0 Å². The second kappa shape index (κ2) is 5.50. The zero-order valence-corrected chi connectivity index (χ0v) is 13.7. The first-order valence-corrected chi connectivity index (χ1v) is 8.66. The zero-order chi connectivity index (χ0) is 16.0. The van der Waals surface area contributed by atoms with E-state index in [1.807, 2.05) is 13.0 Å². The highest BCUT2D eigenvalue weighted by Gasteiger charge is 2.40. The van der Waals surface area contributed by atoms with Crippen LogP contribution in [0.2, 0.25) is 0 Å². The van der Waals surface area contributed by atoms with E-state index in [2.05, 4.69) is 30.3 Å². The zero-order valence-electron chi connectivity index (χ0n) is 13.7. The van der Waals surface area contributed by atoms with Crippen molar-refractivity contribution in [3.05, 3.63) is 42.0 Å². The van der Waals surface area contributed by atoms with Crippen LogP contribution in [0.25, 0.3) is 10.8 Å². The van der Waals surface area contributed by atoms with Gasteiger partial charge >= 0.3 is 0 Å². The molecule has 2 saturated carbocycles. The first kappa shape index (κ1) is 15.0. The molecule has 122 valence electrons. The van der Waals surface area contributed by atoms with Crippen LogP contribution in [-0.4, -0.2) is 17.8 Å². The minimum absolute atomic E-state index is 0.0655. The fraction of sp³-hybridized carbons (Fsp3) is 0.500. The topological polar surface area (TPSA) is 55.5 Å². The van der Waals surface area contributed by atoms with Crippen LogP contribution >= 0.6 is 0 Å². The van der Waals surface area contributed by atoms with E-state index in [1.165, 1.54) is 25.7 Å². The fourth-order valence-electron chi connectivity index (χ4n) is 4.25. The molecule has 4 atom stereocenters. The van der Waals surface area contributed by atoms with Gasteiger partial charge in [0.15, 0.2) is 0 Å². The molecule has 0 heterocycles. The fourth-order valence-corrected chi connectivity index (χ4v) is 4.25. The lowest BCUT2D eigenvalue weighted by Crippen LogP contribution is -2.36. The third kappa shape index (κ3) is 2.73. The predicted molar refractivity (Wildman–Crippen MR) is 92.4 cm³/mol. The van der Waals surface area contributed by atoms with Crippen molar-refractivity contribution in [3.63, 3.8) is 0 Å². The Labute approximate surface area is 137 Å². The molecule has 2 aromatic rings. The van der Waals surface area contributed by atoms with Gasteiger partial charge in [0, 0.05) is 0 Å². The molecule has 0 saturated heterocycles. The van der Waals surface area contributed by atoms with Gasteiger partial charge in [-0.25, -0.2) is 0 Å². The normalized spacial score (nSPS) is 28.9. The maximum Gasteiger partial charge on any atom is 0.120 e. The molecule has 4 rings (SSSR count). The van der Waals surface area contributed by atoms with E-state index in [4.69, 9.17) is 10.5 Å². The van der Waals surface area contributed by atoms with Crippen molar-refractivity contribution in [1.29, 1.82) is 0 Å². The Balaban J connectivity index is 1.58. The van der Waals surface area contributed by atoms with Gasteiger partial charge in [-0.2, -0.15) is 0 Å². The second-order valence-electron chi connectivity index (χ2n) is 7.63. The van der Waals surface area contributed by atoms with Gasteiger partial charge in [0.25, 0.3) is 0 Å². The van der Waals surface area contributed by atoms with E-state index in [0.717, 1.165) is 33.9 Å². The monoisotopic (exact) mass is 311 g/mol. The summed E-state index contributed by atoms with van der Waals surface area (Å²) in [5.41, 5.74) is 6.38. The number of aliphatic hydroxyl groups excluding tert-OH is 1. The average molecular weight is 311 g/mol. The Morgan fingerprint density at radius 2 is 1.91 bits per heavy atom. The number of aliphatic hydroxyl groups is 1. The summed E-state index contributed by atoms with van der Waals surface area (Å²) < 4.78 is 6.27. The highest BCUT2D eigenvalue weighted by molar-refractivity contribution is 5.84. The third-order valence-electron chi connectivity index (χ3n) is 5.76. The van der Waals surface area contributed by atoms with E-state index < -0.39 is 5.54 Å². The van der Waals surface area contributed by atoms with Crippen molar-refractivity contribution in [3.8, 4) is 5.75 Å². The molecule has 23 heavy (non-hydrogen) atoms. The van der Waals surface area contributed by atoms with Crippen LogP contribution in [0.1, 0.15) is 38.2 Å². The molecule has 3 N–H and O–H groups in total. The summed E-state index contributed by atoms with van der Waals surface area (Å²) in [5, 5.41) is 11.7. The van der Waals surface area contributed by atoms with E-state index in [9.17, 15) is 5.11 Å². The Hall–Kier alpha value is -1.58. The standard InChI is InChI=1S/C20H25NO2/c1-20(21,12-22)17-6-4-15-11-18(7-5-14(15)10-17)23-19-9-13-2-3-16(19)8-13/h4-7,10-11,13,16,19,22H,2-3,8-9,12,21H2,1H3/t13-,16+,19+,20-/m0/s1. The van der Waals surface area contributed by atoms with Gasteiger partial charge in [-0.05, 0) is 79.0 Å². The van der Waals surface area contributed by atoms with Crippen LogP contribution in [0.3, 0.4) is 0 Å². The summed E-state index contributed by atoms with van der Waals surface area (Å²) in [5.74, 6) is 2.63. The molecule has 0 aromatic heterocycles. The Morgan fingerprint density at radius 1 is 1.13 bits per heavy atom. The van der Waals surface area contributed by atoms with Crippen LogP contribution in [0, 0.1) is 11.8 Å². The SMILES string of the molecule is C[C@](N)(CO)c1ccc2cc(O[C@@H]3C[C@H]4CC[C@@H]3C4)ccc2c1. The van der Waals surface area contributed by atoms with E-state index in [-0.39, 0.29) is 6.61 Å². The highest BCUT2D eigenvalue weighted by Crippen LogP contribution is 2.46. The number of hydrogen-bond donors (Lipinski definition) is 2. The van der Waals surface area contributed by atoms with E-state index in [1.54, 1.807) is 0 Å². The molecule has 3 nitrogen and oxygen atoms in total. The second-order valence-corrected chi connectivity index (χ2v) is 7.63. The number of hydrogen-bond acceptors (Lipinski definition) is 3. The first-order valence-electron chi connectivity index (χ1n) is 8.66. The maximum atomic E-state index is 9.43. The molecule has 0 amide bonds. The van der Waals surface area contributed by atoms with Crippen LogP contribution in [-0.2, 0) is 5.54 Å². The summed E-state index contributed by atoms with van der Waals surface area (Å²) in [6.07, 6.45) is 5.73. The summed E-state index contributed by atoms with van der Waals surface area (Å²) in [7, 11) is 0. The molecule has 3 heteroatoms. The molecule has 2 fully saturated rings. The summed E-state index contributed by atoms with van der Waals surface area (Å²) >= 11 is 0. The Bertz CT molecular complexity index is 725. The minimum atomic E-state index is -0.702. The van der Waals surface area contributed by atoms with Crippen LogP contribution < -0.4 is 10.5 Å². The molecule has 2 aliphatic rings. The Morgan fingerprint density at radius 3 is 2.61 bits per heavy atom. The van der Waals surface area contributed by atoms with Gasteiger partial charge in [-0.15, -0.1) is 0 Å². The molecular weight excluding hydrogens is 286 g/mol. The summed E-state index contributed by atoms with van der Waals surface area (Å²) in [6, 6.07) is 12.4. The summed E-state index contributed by atoms with van der Waals surface area (Å²) in [4.78, 5) is 0. The molecule has 2 bridgehead atoms. The largest absolute Gasteiger partial charge is 0.490 e. The molecule has 2 aromatic carbocycles. The first-order chi connectivity index (χ1) is 11.0.